The van der Waals surface area contributed by atoms with E-state index in [1.807, 2.05) is 24.3 Å². The van der Waals surface area contributed by atoms with Crippen molar-refractivity contribution in [3.05, 3.63) is 24.3 Å². The first-order valence-corrected chi connectivity index (χ1v) is 7.13. The van der Waals surface area contributed by atoms with Gasteiger partial charge in [0.05, 0.1) is 0 Å². The van der Waals surface area contributed by atoms with E-state index in [0.29, 0.717) is 6.04 Å². The Morgan fingerprint density at radius 3 is 2.16 bits per heavy atom. The molecule has 1 aliphatic carbocycles. The Hall–Kier alpha value is -1.71. The van der Waals surface area contributed by atoms with Crippen LogP contribution in [0.25, 0.3) is 0 Å². The van der Waals surface area contributed by atoms with E-state index in [1.165, 1.54) is 38.5 Å². The van der Waals surface area contributed by atoms with Gasteiger partial charge in [-0.15, -0.1) is 0 Å². The van der Waals surface area contributed by atoms with Crippen LogP contribution in [0.3, 0.4) is 0 Å². The molecule has 1 aromatic carbocycles. The minimum atomic E-state index is -0.190. The monoisotopic (exact) mass is 261 g/mol. The van der Waals surface area contributed by atoms with Crippen LogP contribution in [0.2, 0.25) is 0 Å². The number of hydrogen-bond acceptors (Lipinski definition) is 2. The van der Waals surface area contributed by atoms with Crippen LogP contribution in [0.1, 0.15) is 38.5 Å². The number of carbonyl (C=O) groups excluding carboxylic acids is 1. The second kappa shape index (κ2) is 7.02. The third kappa shape index (κ3) is 4.47. The normalized spacial score (nSPS) is 16.5. The molecule has 0 saturated heterocycles. The largest absolute Gasteiger partial charge is 0.382 e. The number of nitrogens with one attached hydrogen (secondary N) is 3. The Morgan fingerprint density at radius 2 is 1.58 bits per heavy atom. The molecule has 0 atom stereocenters. The second-order valence-electron chi connectivity index (χ2n) is 5.11. The van der Waals surface area contributed by atoms with E-state index < -0.39 is 0 Å². The third-order valence-electron chi connectivity index (χ3n) is 3.60. The van der Waals surface area contributed by atoms with Crippen molar-refractivity contribution in [1.82, 2.24) is 5.32 Å². The first kappa shape index (κ1) is 13.7. The fourth-order valence-corrected chi connectivity index (χ4v) is 2.50. The maximum Gasteiger partial charge on any atom is 0.318 e. The summed E-state index contributed by atoms with van der Waals surface area (Å²) >= 11 is 0. The summed E-state index contributed by atoms with van der Waals surface area (Å²) in [5.74, 6) is 0. The highest BCUT2D eigenvalue weighted by Crippen LogP contribution is 2.22. The average Bonchev–Trinajstić information content (AvgIpc) is 2.69. The molecule has 1 fully saturated rings. The average molecular weight is 261 g/mol. The van der Waals surface area contributed by atoms with E-state index >= 15 is 0 Å². The molecule has 19 heavy (non-hydrogen) atoms. The molecule has 0 unspecified atom stereocenters. The number of urea groups is 1. The van der Waals surface area contributed by atoms with Crippen molar-refractivity contribution in [2.24, 2.45) is 0 Å². The van der Waals surface area contributed by atoms with Crippen LogP contribution in [-0.2, 0) is 0 Å². The molecule has 1 aromatic rings. The summed E-state index contributed by atoms with van der Waals surface area (Å²) in [5.41, 5.74) is 1.94. The molecule has 0 radical (unpaired) electrons. The number of rotatable bonds is 3. The molecule has 0 aliphatic heterocycles. The molecular formula is C15H23N3O. The molecular weight excluding hydrogens is 238 g/mol. The van der Waals surface area contributed by atoms with Crippen molar-refractivity contribution in [2.75, 3.05) is 17.7 Å². The molecule has 0 heterocycles. The van der Waals surface area contributed by atoms with E-state index in [2.05, 4.69) is 16.0 Å². The standard InChI is InChI=1S/C15H23N3O/c1-16-15(19)18-14-10-8-13(9-11-14)17-12-6-4-2-3-5-7-12/h8-12,17H,2-7H2,1H3,(H2,16,18,19). The summed E-state index contributed by atoms with van der Waals surface area (Å²) in [4.78, 5) is 11.2. The minimum Gasteiger partial charge on any atom is -0.382 e. The number of carbonyl (C=O) groups is 1. The quantitative estimate of drug-likeness (QED) is 0.728. The second-order valence-corrected chi connectivity index (χ2v) is 5.11. The molecule has 0 spiro atoms. The molecule has 2 rings (SSSR count). The Kier molecular flexibility index (Phi) is 5.07. The van der Waals surface area contributed by atoms with Gasteiger partial charge >= 0.3 is 6.03 Å². The summed E-state index contributed by atoms with van der Waals surface area (Å²) < 4.78 is 0. The zero-order valence-electron chi connectivity index (χ0n) is 11.5. The first-order chi connectivity index (χ1) is 9.28. The van der Waals surface area contributed by atoms with E-state index in [1.54, 1.807) is 7.05 Å². The highest BCUT2D eigenvalue weighted by atomic mass is 16.2. The summed E-state index contributed by atoms with van der Waals surface area (Å²) in [5, 5.41) is 8.88. The summed E-state index contributed by atoms with van der Waals surface area (Å²) in [6.45, 7) is 0. The Balaban J connectivity index is 1.88. The first-order valence-electron chi connectivity index (χ1n) is 7.13. The third-order valence-corrected chi connectivity index (χ3v) is 3.60. The predicted octanol–water partition coefficient (Wildman–Crippen LogP) is 3.57. The summed E-state index contributed by atoms with van der Waals surface area (Å²) in [6.07, 6.45) is 7.92. The van der Waals surface area contributed by atoms with Crippen molar-refractivity contribution in [3.8, 4) is 0 Å². The van der Waals surface area contributed by atoms with Crippen LogP contribution in [0.15, 0.2) is 24.3 Å². The van der Waals surface area contributed by atoms with Gasteiger partial charge in [-0.25, -0.2) is 4.79 Å². The fraction of sp³-hybridized carbons (Fsp3) is 0.533. The van der Waals surface area contributed by atoms with Crippen molar-refractivity contribution in [2.45, 2.75) is 44.6 Å². The van der Waals surface area contributed by atoms with Gasteiger partial charge in [0.2, 0.25) is 0 Å². The zero-order valence-corrected chi connectivity index (χ0v) is 11.5. The molecule has 1 aliphatic rings. The van der Waals surface area contributed by atoms with Crippen LogP contribution >= 0.6 is 0 Å². The van der Waals surface area contributed by atoms with Gasteiger partial charge in [-0.05, 0) is 37.1 Å². The van der Waals surface area contributed by atoms with E-state index in [4.69, 9.17) is 0 Å². The molecule has 0 aromatic heterocycles. The topological polar surface area (TPSA) is 53.2 Å². The van der Waals surface area contributed by atoms with Crippen molar-refractivity contribution >= 4 is 17.4 Å². The maximum atomic E-state index is 11.2. The fourth-order valence-electron chi connectivity index (χ4n) is 2.50. The van der Waals surface area contributed by atoms with Crippen molar-refractivity contribution in [1.29, 1.82) is 0 Å². The van der Waals surface area contributed by atoms with Gasteiger partial charge < -0.3 is 16.0 Å². The van der Waals surface area contributed by atoms with Gasteiger partial charge in [-0.3, -0.25) is 0 Å². The lowest BCUT2D eigenvalue weighted by atomic mass is 10.1. The van der Waals surface area contributed by atoms with Crippen LogP contribution in [0.4, 0.5) is 16.2 Å². The molecule has 0 bridgehead atoms. The zero-order chi connectivity index (χ0) is 13.5. The molecule has 3 N–H and O–H groups in total. The number of anilines is 2. The molecule has 2 amide bonds. The Morgan fingerprint density at radius 1 is 1.00 bits per heavy atom. The van der Waals surface area contributed by atoms with Crippen LogP contribution in [0.5, 0.6) is 0 Å². The number of amides is 2. The lowest BCUT2D eigenvalue weighted by Crippen LogP contribution is -2.24. The highest BCUT2D eigenvalue weighted by Gasteiger charge is 2.11. The lowest BCUT2D eigenvalue weighted by Gasteiger charge is -2.17. The van der Waals surface area contributed by atoms with Gasteiger partial charge in [-0.2, -0.15) is 0 Å². The maximum absolute atomic E-state index is 11.2. The van der Waals surface area contributed by atoms with E-state index in [-0.39, 0.29) is 6.03 Å². The predicted molar refractivity (Wildman–Crippen MR) is 79.6 cm³/mol. The van der Waals surface area contributed by atoms with Crippen LogP contribution in [-0.4, -0.2) is 19.1 Å². The molecule has 104 valence electrons. The number of hydrogen-bond donors (Lipinski definition) is 3. The Labute approximate surface area is 115 Å². The molecule has 1 saturated carbocycles. The molecule has 4 nitrogen and oxygen atoms in total. The SMILES string of the molecule is CNC(=O)Nc1ccc(NC2CCCCCC2)cc1. The van der Waals surface area contributed by atoms with Crippen molar-refractivity contribution < 1.29 is 4.79 Å². The van der Waals surface area contributed by atoms with Gasteiger partial charge in [0.25, 0.3) is 0 Å². The number of benzene rings is 1. The minimum absolute atomic E-state index is 0.190. The van der Waals surface area contributed by atoms with Gasteiger partial charge in [-0.1, -0.05) is 25.7 Å². The Bertz CT molecular complexity index is 394. The van der Waals surface area contributed by atoms with Crippen molar-refractivity contribution in [3.63, 3.8) is 0 Å². The summed E-state index contributed by atoms with van der Waals surface area (Å²) in [7, 11) is 1.61. The highest BCUT2D eigenvalue weighted by molar-refractivity contribution is 5.89. The summed E-state index contributed by atoms with van der Waals surface area (Å²) in [6, 6.07) is 8.30. The van der Waals surface area contributed by atoms with E-state index in [0.717, 1.165) is 11.4 Å². The van der Waals surface area contributed by atoms with Gasteiger partial charge in [0.15, 0.2) is 0 Å². The van der Waals surface area contributed by atoms with Gasteiger partial charge in [0.1, 0.15) is 0 Å². The molecule has 4 heteroatoms. The van der Waals surface area contributed by atoms with Crippen LogP contribution in [0, 0.1) is 0 Å². The van der Waals surface area contributed by atoms with E-state index in [9.17, 15) is 4.79 Å². The lowest BCUT2D eigenvalue weighted by molar-refractivity contribution is 0.254. The smallest absolute Gasteiger partial charge is 0.318 e. The van der Waals surface area contributed by atoms with Gasteiger partial charge in [0, 0.05) is 24.5 Å². The van der Waals surface area contributed by atoms with Crippen LogP contribution < -0.4 is 16.0 Å².